The van der Waals surface area contributed by atoms with Crippen molar-refractivity contribution in [3.05, 3.63) is 12.2 Å². The van der Waals surface area contributed by atoms with Crippen LogP contribution in [0.25, 0.3) is 0 Å². The molecule has 0 rings (SSSR count). The second-order valence-corrected chi connectivity index (χ2v) is 7.28. The molecule has 0 bridgehead atoms. The minimum absolute atomic E-state index is 1.31. The Labute approximate surface area is 150 Å². The van der Waals surface area contributed by atoms with E-state index in [4.69, 9.17) is 17.5 Å². The Bertz CT molecular complexity index is 342. The van der Waals surface area contributed by atoms with Crippen LogP contribution < -0.4 is 0 Å². The van der Waals surface area contributed by atoms with E-state index in [1.54, 1.807) is 0 Å². The summed E-state index contributed by atoms with van der Waals surface area (Å²) < 4.78 is 31.6. The minimum Gasteiger partial charge on any atom is -0.264 e. The first-order valence-electron chi connectivity index (χ1n) is 9.76. The topological polar surface area (TPSA) is 74.6 Å². The zero-order valence-electron chi connectivity index (χ0n) is 15.9. The molecule has 0 unspecified atom stereocenters. The maximum Gasteiger partial charge on any atom is 0.394 e. The third-order valence-corrected chi connectivity index (χ3v) is 3.87. The van der Waals surface area contributed by atoms with Crippen LogP contribution in [-0.2, 0) is 10.4 Å². The van der Waals surface area contributed by atoms with Gasteiger partial charge in [-0.25, -0.2) is 0 Å². The first kappa shape index (κ1) is 25.8. The van der Waals surface area contributed by atoms with Crippen molar-refractivity contribution in [3.63, 3.8) is 0 Å². The molecule has 24 heavy (non-hydrogen) atoms. The molecule has 0 aromatic heterocycles. The van der Waals surface area contributed by atoms with E-state index in [1.165, 1.54) is 96.3 Å². The van der Waals surface area contributed by atoms with E-state index < -0.39 is 10.4 Å². The van der Waals surface area contributed by atoms with Crippen LogP contribution in [-0.4, -0.2) is 17.5 Å². The Kier molecular flexibility index (Phi) is 22.2. The molecule has 4 nitrogen and oxygen atoms in total. The molecule has 0 spiro atoms. The number of allylic oxidation sites excluding steroid dienone is 2. The quantitative estimate of drug-likeness (QED) is 0.191. The van der Waals surface area contributed by atoms with Crippen LogP contribution in [0, 0.1) is 0 Å². The van der Waals surface area contributed by atoms with Gasteiger partial charge in [-0.05, 0) is 25.7 Å². The fourth-order valence-corrected chi connectivity index (χ4v) is 2.50. The fraction of sp³-hybridized carbons (Fsp3) is 0.895. The van der Waals surface area contributed by atoms with Crippen LogP contribution in [0.2, 0.25) is 0 Å². The second-order valence-electron chi connectivity index (χ2n) is 6.39. The van der Waals surface area contributed by atoms with Crippen LogP contribution in [0.3, 0.4) is 0 Å². The van der Waals surface area contributed by atoms with Crippen LogP contribution in [0.15, 0.2) is 12.2 Å². The summed E-state index contributed by atoms with van der Waals surface area (Å²) in [4.78, 5) is 0. The maximum atomic E-state index is 8.74. The van der Waals surface area contributed by atoms with Gasteiger partial charge in [0, 0.05) is 0 Å². The molecule has 0 saturated heterocycles. The summed E-state index contributed by atoms with van der Waals surface area (Å²) in [7, 11) is -4.67. The van der Waals surface area contributed by atoms with E-state index in [0.29, 0.717) is 0 Å². The molecule has 146 valence electrons. The first-order valence-corrected chi connectivity index (χ1v) is 11.2. The molecular weight excluding hydrogens is 324 g/mol. The summed E-state index contributed by atoms with van der Waals surface area (Å²) in [5, 5.41) is 0. The van der Waals surface area contributed by atoms with Gasteiger partial charge in [0.2, 0.25) is 0 Å². The van der Waals surface area contributed by atoms with Gasteiger partial charge in [-0.2, -0.15) is 8.42 Å². The van der Waals surface area contributed by atoms with Crippen LogP contribution in [0.5, 0.6) is 0 Å². The smallest absolute Gasteiger partial charge is 0.264 e. The molecule has 0 aliphatic carbocycles. The van der Waals surface area contributed by atoms with Gasteiger partial charge in [-0.15, -0.1) is 0 Å². The Morgan fingerprint density at radius 3 is 1.12 bits per heavy atom. The fourth-order valence-electron chi connectivity index (χ4n) is 2.50. The van der Waals surface area contributed by atoms with Gasteiger partial charge >= 0.3 is 10.4 Å². The van der Waals surface area contributed by atoms with Crippen molar-refractivity contribution in [2.24, 2.45) is 0 Å². The summed E-state index contributed by atoms with van der Waals surface area (Å²) in [5.74, 6) is 0. The summed E-state index contributed by atoms with van der Waals surface area (Å²) in [6, 6.07) is 0. The Balaban J connectivity index is 0. The zero-order chi connectivity index (χ0) is 18.5. The van der Waals surface area contributed by atoms with E-state index in [9.17, 15) is 0 Å². The third kappa shape index (κ3) is 37.7. The lowest BCUT2D eigenvalue weighted by atomic mass is 10.1. The number of unbranched alkanes of at least 4 members (excludes halogenated alkanes) is 13. The van der Waals surface area contributed by atoms with Gasteiger partial charge in [0.05, 0.1) is 0 Å². The maximum absolute atomic E-state index is 8.74. The van der Waals surface area contributed by atoms with Gasteiger partial charge in [-0.3, -0.25) is 9.11 Å². The van der Waals surface area contributed by atoms with Crippen molar-refractivity contribution in [3.8, 4) is 0 Å². The van der Waals surface area contributed by atoms with Gasteiger partial charge in [-0.1, -0.05) is 96.6 Å². The van der Waals surface area contributed by atoms with Crippen LogP contribution >= 0.6 is 0 Å². The lowest BCUT2D eigenvalue weighted by Gasteiger charge is -1.99. The highest BCUT2D eigenvalue weighted by molar-refractivity contribution is 7.79. The normalized spacial score (nSPS) is 11.5. The van der Waals surface area contributed by atoms with Crippen LogP contribution in [0.1, 0.15) is 110 Å². The molecule has 0 amide bonds. The predicted octanol–water partition coefficient (Wildman–Crippen LogP) is 6.78. The standard InChI is InChI=1S/C19H38.H2O4S/c1-3-5-7-9-11-13-15-17-19-18-16-14-12-10-8-6-4-2;1-5(2,3)4/h17,19H,3-16,18H2,1-2H3;(H2,1,2,3,4)/b19-17-;. The zero-order valence-corrected chi connectivity index (χ0v) is 16.7. The van der Waals surface area contributed by atoms with Crippen molar-refractivity contribution in [1.29, 1.82) is 0 Å². The van der Waals surface area contributed by atoms with Crippen molar-refractivity contribution in [1.82, 2.24) is 0 Å². The van der Waals surface area contributed by atoms with Crippen molar-refractivity contribution < 1.29 is 17.5 Å². The van der Waals surface area contributed by atoms with E-state index in [0.717, 1.165) is 0 Å². The molecule has 0 saturated carbocycles. The van der Waals surface area contributed by atoms with Crippen LogP contribution in [0.4, 0.5) is 0 Å². The molecule has 0 aromatic carbocycles. The molecule has 0 fully saturated rings. The monoisotopic (exact) mass is 364 g/mol. The van der Waals surface area contributed by atoms with Crippen molar-refractivity contribution >= 4 is 10.4 Å². The van der Waals surface area contributed by atoms with Gasteiger partial charge < -0.3 is 0 Å². The van der Waals surface area contributed by atoms with Gasteiger partial charge in [0.15, 0.2) is 0 Å². The summed E-state index contributed by atoms with van der Waals surface area (Å²) >= 11 is 0. The first-order chi connectivity index (χ1) is 11.4. The Hall–Kier alpha value is -0.390. The summed E-state index contributed by atoms with van der Waals surface area (Å²) in [6.07, 6.45) is 25.9. The van der Waals surface area contributed by atoms with Crippen molar-refractivity contribution in [2.75, 3.05) is 0 Å². The molecule has 0 aliphatic heterocycles. The molecule has 0 atom stereocenters. The van der Waals surface area contributed by atoms with Crippen molar-refractivity contribution in [2.45, 2.75) is 110 Å². The predicted molar refractivity (Wildman–Crippen MR) is 104 cm³/mol. The van der Waals surface area contributed by atoms with E-state index in [-0.39, 0.29) is 0 Å². The number of hydrogen-bond acceptors (Lipinski definition) is 2. The highest BCUT2D eigenvalue weighted by Gasteiger charge is 1.90. The molecule has 0 heterocycles. The molecule has 0 aromatic rings. The molecule has 0 radical (unpaired) electrons. The van der Waals surface area contributed by atoms with Gasteiger partial charge in [0.1, 0.15) is 0 Å². The molecule has 0 aliphatic rings. The lowest BCUT2D eigenvalue weighted by Crippen LogP contribution is -1.89. The van der Waals surface area contributed by atoms with E-state index in [1.807, 2.05) is 0 Å². The second kappa shape index (κ2) is 20.7. The number of rotatable bonds is 15. The average molecular weight is 365 g/mol. The molecule has 5 heteroatoms. The third-order valence-electron chi connectivity index (χ3n) is 3.87. The molecular formula is C19H40O4S. The average Bonchev–Trinajstić information content (AvgIpc) is 2.49. The highest BCUT2D eigenvalue weighted by atomic mass is 32.3. The van der Waals surface area contributed by atoms with Gasteiger partial charge in [0.25, 0.3) is 0 Å². The number of hydrogen-bond donors (Lipinski definition) is 2. The minimum atomic E-state index is -4.67. The lowest BCUT2D eigenvalue weighted by molar-refractivity contribution is 0.381. The highest BCUT2D eigenvalue weighted by Crippen LogP contribution is 2.10. The SMILES string of the molecule is CCCCCCCC/C=C\CCCCCCCCC.O=S(=O)(O)O. The summed E-state index contributed by atoms with van der Waals surface area (Å²) in [6.45, 7) is 4.57. The Morgan fingerprint density at radius 1 is 0.583 bits per heavy atom. The van der Waals surface area contributed by atoms with E-state index >= 15 is 0 Å². The summed E-state index contributed by atoms with van der Waals surface area (Å²) in [5.41, 5.74) is 0. The van der Waals surface area contributed by atoms with E-state index in [2.05, 4.69) is 26.0 Å². The Morgan fingerprint density at radius 2 is 0.833 bits per heavy atom. The largest absolute Gasteiger partial charge is 0.394 e. The molecule has 2 N–H and O–H groups in total.